The minimum atomic E-state index is -0.921. The number of nitrogens with one attached hydrogen (secondary N) is 2. The first-order valence-electron chi connectivity index (χ1n) is 10.0. The minimum Gasteiger partial charge on any atom is -0.490 e. The van der Waals surface area contributed by atoms with Crippen LogP contribution < -0.4 is 15.4 Å². The largest absolute Gasteiger partial charge is 0.490 e. The Morgan fingerprint density at radius 1 is 1.15 bits per heavy atom. The predicted molar refractivity (Wildman–Crippen MR) is 128 cm³/mol. The van der Waals surface area contributed by atoms with Crippen LogP contribution in [0, 0.1) is 0 Å². The molecular formula is C22H21Cl2N3O5S. The maximum absolute atomic E-state index is 12.6. The molecule has 2 N–H and O–H groups in total. The summed E-state index contributed by atoms with van der Waals surface area (Å²) in [5, 5.41) is 5.81. The fraction of sp³-hybridized carbons (Fsp3) is 0.273. The van der Waals surface area contributed by atoms with Crippen molar-refractivity contribution in [1.29, 1.82) is 0 Å². The number of esters is 1. The van der Waals surface area contributed by atoms with Crippen LogP contribution in [0.15, 0.2) is 48.5 Å². The summed E-state index contributed by atoms with van der Waals surface area (Å²) in [6, 6.07) is 12.6. The van der Waals surface area contributed by atoms with E-state index in [1.807, 2.05) is 18.2 Å². The number of thiocarbonyl (C=S) groups is 1. The van der Waals surface area contributed by atoms with E-state index in [2.05, 4.69) is 10.6 Å². The van der Waals surface area contributed by atoms with Gasteiger partial charge < -0.3 is 19.7 Å². The maximum Gasteiger partial charge on any atom is 0.308 e. The number of carbonyl (C=O) groups is 3. The molecule has 1 aliphatic rings. The van der Waals surface area contributed by atoms with Crippen LogP contribution in [0.25, 0.3) is 0 Å². The van der Waals surface area contributed by atoms with Crippen molar-refractivity contribution >= 4 is 58.3 Å². The highest BCUT2D eigenvalue weighted by atomic mass is 35.5. The van der Waals surface area contributed by atoms with Gasteiger partial charge in [-0.3, -0.25) is 19.7 Å². The Morgan fingerprint density at radius 3 is 2.64 bits per heavy atom. The third-order valence-electron chi connectivity index (χ3n) is 4.71. The van der Waals surface area contributed by atoms with Gasteiger partial charge in [0.15, 0.2) is 5.11 Å². The van der Waals surface area contributed by atoms with Crippen molar-refractivity contribution in [2.45, 2.75) is 12.5 Å². The Labute approximate surface area is 206 Å². The summed E-state index contributed by atoms with van der Waals surface area (Å²) < 4.78 is 10.7. The summed E-state index contributed by atoms with van der Waals surface area (Å²) in [6.07, 6.45) is -0.241. The number of hydrogen-bond acceptors (Lipinski definition) is 6. The molecule has 0 aromatic heterocycles. The highest BCUT2D eigenvalue weighted by Gasteiger charge is 2.34. The van der Waals surface area contributed by atoms with E-state index in [1.54, 1.807) is 12.1 Å². The van der Waals surface area contributed by atoms with E-state index >= 15 is 0 Å². The summed E-state index contributed by atoms with van der Waals surface area (Å²) >= 11 is 17.3. The van der Waals surface area contributed by atoms with Crippen LogP contribution in [0.5, 0.6) is 5.75 Å². The molecule has 8 nitrogen and oxygen atoms in total. The van der Waals surface area contributed by atoms with E-state index in [4.69, 9.17) is 44.9 Å². The zero-order valence-corrected chi connectivity index (χ0v) is 19.7. The summed E-state index contributed by atoms with van der Waals surface area (Å²) in [4.78, 5) is 38.8. The summed E-state index contributed by atoms with van der Waals surface area (Å²) in [5.41, 5.74) is 0.180. The SMILES string of the molecule is O=C(CC1C(=O)NCCN1C(=S)NC(=O)c1ccc(Cl)cc1Cl)OCCOc1ccccc1. The second-order valence-electron chi connectivity index (χ2n) is 6.97. The average molecular weight is 510 g/mol. The van der Waals surface area contributed by atoms with E-state index in [0.717, 1.165) is 0 Å². The Morgan fingerprint density at radius 2 is 1.91 bits per heavy atom. The molecular weight excluding hydrogens is 489 g/mol. The third kappa shape index (κ3) is 7.05. The number of piperazine rings is 1. The van der Waals surface area contributed by atoms with Crippen molar-refractivity contribution in [2.24, 2.45) is 0 Å². The maximum atomic E-state index is 12.6. The quantitative estimate of drug-likeness (QED) is 0.336. The van der Waals surface area contributed by atoms with Gasteiger partial charge in [-0.05, 0) is 42.5 Å². The van der Waals surface area contributed by atoms with Crippen LogP contribution in [-0.4, -0.2) is 60.1 Å². The number of amides is 2. The van der Waals surface area contributed by atoms with E-state index in [9.17, 15) is 14.4 Å². The summed E-state index contributed by atoms with van der Waals surface area (Å²) in [5.74, 6) is -0.867. The zero-order valence-electron chi connectivity index (χ0n) is 17.4. The molecule has 3 rings (SSSR count). The monoisotopic (exact) mass is 509 g/mol. The molecule has 0 bridgehead atoms. The first-order chi connectivity index (χ1) is 15.8. The molecule has 1 fully saturated rings. The Kier molecular flexibility index (Phi) is 8.87. The van der Waals surface area contributed by atoms with Crippen molar-refractivity contribution < 1.29 is 23.9 Å². The number of rotatable bonds is 7. The number of halogens is 2. The van der Waals surface area contributed by atoms with Gasteiger partial charge in [0.25, 0.3) is 5.91 Å². The smallest absolute Gasteiger partial charge is 0.308 e. The number of benzene rings is 2. The molecule has 1 unspecified atom stereocenters. The van der Waals surface area contributed by atoms with Crippen molar-refractivity contribution in [3.8, 4) is 5.75 Å². The normalized spacial score (nSPS) is 15.4. The lowest BCUT2D eigenvalue weighted by Gasteiger charge is -2.36. The van der Waals surface area contributed by atoms with Gasteiger partial charge >= 0.3 is 5.97 Å². The molecule has 1 saturated heterocycles. The highest BCUT2D eigenvalue weighted by Crippen LogP contribution is 2.21. The Hall–Kier alpha value is -2.88. The molecule has 0 spiro atoms. The molecule has 2 amide bonds. The van der Waals surface area contributed by atoms with E-state index < -0.39 is 17.9 Å². The molecule has 2 aromatic rings. The number of hydrogen-bond donors (Lipinski definition) is 2. The van der Waals surface area contributed by atoms with Crippen molar-refractivity contribution in [2.75, 3.05) is 26.3 Å². The number of carbonyl (C=O) groups excluding carboxylic acids is 3. The lowest BCUT2D eigenvalue weighted by molar-refractivity contribution is -0.148. The van der Waals surface area contributed by atoms with Gasteiger partial charge in [-0.1, -0.05) is 41.4 Å². The van der Waals surface area contributed by atoms with Gasteiger partial charge in [-0.2, -0.15) is 0 Å². The third-order valence-corrected chi connectivity index (χ3v) is 5.59. The standard InChI is InChI=1S/C22H21Cl2N3O5S/c23-14-6-7-16(17(24)12-14)20(29)26-22(33)27-9-8-25-21(30)18(27)13-19(28)32-11-10-31-15-4-2-1-3-5-15/h1-7,12,18H,8-11,13H2,(H,25,30)(H,26,29,33). The van der Waals surface area contributed by atoms with Crippen molar-refractivity contribution in [3.05, 3.63) is 64.1 Å². The van der Waals surface area contributed by atoms with Crippen LogP contribution in [0.1, 0.15) is 16.8 Å². The molecule has 2 aromatic carbocycles. The van der Waals surface area contributed by atoms with Crippen LogP contribution >= 0.6 is 35.4 Å². The van der Waals surface area contributed by atoms with Crippen molar-refractivity contribution in [1.82, 2.24) is 15.5 Å². The minimum absolute atomic E-state index is 0.00563. The topological polar surface area (TPSA) is 97.0 Å². The van der Waals surface area contributed by atoms with Gasteiger partial charge in [0.1, 0.15) is 25.0 Å². The van der Waals surface area contributed by atoms with Gasteiger partial charge in [-0.15, -0.1) is 0 Å². The lowest BCUT2D eigenvalue weighted by Crippen LogP contribution is -2.60. The van der Waals surface area contributed by atoms with Gasteiger partial charge in [-0.25, -0.2) is 0 Å². The second kappa shape index (κ2) is 11.8. The summed E-state index contributed by atoms with van der Waals surface area (Å²) in [6.45, 7) is 0.826. The van der Waals surface area contributed by atoms with Gasteiger partial charge in [0, 0.05) is 18.1 Å². The molecule has 1 heterocycles. The second-order valence-corrected chi connectivity index (χ2v) is 8.20. The molecule has 0 saturated carbocycles. The molecule has 1 aliphatic heterocycles. The molecule has 11 heteroatoms. The van der Waals surface area contributed by atoms with Crippen LogP contribution in [0.4, 0.5) is 0 Å². The highest BCUT2D eigenvalue weighted by molar-refractivity contribution is 7.80. The van der Waals surface area contributed by atoms with Crippen LogP contribution in [-0.2, 0) is 14.3 Å². The molecule has 174 valence electrons. The van der Waals surface area contributed by atoms with E-state index in [1.165, 1.54) is 23.1 Å². The van der Waals surface area contributed by atoms with Crippen molar-refractivity contribution in [3.63, 3.8) is 0 Å². The fourth-order valence-corrected chi connectivity index (χ4v) is 3.92. The Balaban J connectivity index is 1.54. The molecule has 0 aliphatic carbocycles. The fourth-order valence-electron chi connectivity index (χ4n) is 3.12. The van der Waals surface area contributed by atoms with Gasteiger partial charge in [0.2, 0.25) is 5.91 Å². The number of ether oxygens (including phenoxy) is 2. The number of nitrogens with zero attached hydrogens (tertiary/aromatic N) is 1. The first kappa shape index (κ1) is 24.8. The average Bonchev–Trinajstić information content (AvgIpc) is 2.78. The molecule has 1 atom stereocenters. The van der Waals surface area contributed by atoms with Crippen LogP contribution in [0.2, 0.25) is 10.0 Å². The molecule has 0 radical (unpaired) electrons. The van der Waals surface area contributed by atoms with E-state index in [-0.39, 0.29) is 41.2 Å². The lowest BCUT2D eigenvalue weighted by atomic mass is 10.1. The van der Waals surface area contributed by atoms with E-state index in [0.29, 0.717) is 23.9 Å². The van der Waals surface area contributed by atoms with Gasteiger partial charge in [0.05, 0.1) is 17.0 Å². The number of para-hydroxylation sites is 1. The zero-order chi connectivity index (χ0) is 23.8. The molecule has 33 heavy (non-hydrogen) atoms. The first-order valence-corrected chi connectivity index (χ1v) is 11.2. The summed E-state index contributed by atoms with van der Waals surface area (Å²) in [7, 11) is 0. The van der Waals surface area contributed by atoms with Crippen LogP contribution in [0.3, 0.4) is 0 Å². The predicted octanol–water partition coefficient (Wildman–Crippen LogP) is 2.82. The Bertz CT molecular complexity index is 1040.